The van der Waals surface area contributed by atoms with Crippen molar-refractivity contribution in [2.24, 2.45) is 5.92 Å². The van der Waals surface area contributed by atoms with Crippen LogP contribution in [0.25, 0.3) is 0 Å². The molecule has 0 aromatic rings. The van der Waals surface area contributed by atoms with Crippen molar-refractivity contribution in [1.29, 1.82) is 0 Å². The molecule has 0 saturated carbocycles. The maximum absolute atomic E-state index is 4.34. The van der Waals surface area contributed by atoms with E-state index in [0.29, 0.717) is 5.92 Å². The summed E-state index contributed by atoms with van der Waals surface area (Å²) in [6, 6.07) is 0. The molecule has 1 unspecified atom stereocenters. The van der Waals surface area contributed by atoms with Gasteiger partial charge in [-0.2, -0.15) is 0 Å². The topological polar surface area (TPSA) is 12.0 Å². The summed E-state index contributed by atoms with van der Waals surface area (Å²) in [5, 5.41) is 0. The average molecular weight is 573 g/mol. The summed E-state index contributed by atoms with van der Waals surface area (Å²) in [5.41, 5.74) is 4.88. The van der Waals surface area contributed by atoms with Gasteiger partial charge in [-0.15, -0.1) is 0 Å². The molecule has 0 radical (unpaired) electrons. The first-order valence-corrected chi connectivity index (χ1v) is 32.3. The average Bonchev–Trinajstić information content (AvgIpc) is 2.83. The van der Waals surface area contributed by atoms with Gasteiger partial charge in [0.05, 0.1) is 0 Å². The van der Waals surface area contributed by atoms with Crippen LogP contribution in [-0.2, 0) is 18.0 Å². The maximum atomic E-state index is 4.34. The quantitative estimate of drug-likeness (QED) is 0.163. The Morgan fingerprint density at radius 3 is 1.64 bits per heavy atom. The van der Waals surface area contributed by atoms with Crippen LogP contribution in [0.5, 0.6) is 0 Å². The first-order chi connectivity index (χ1) is 13.1. The molecule has 1 aliphatic rings. The van der Waals surface area contributed by atoms with Crippen molar-refractivity contribution >= 4 is 5.98 Å². The molecule has 28 heavy (non-hydrogen) atoms. The van der Waals surface area contributed by atoms with E-state index in [1.807, 2.05) is 3.33 Å². The Balaban J connectivity index is 2.49. The standard InChI is InChI=1S/C12H26N.C9H13.C2H7Si.2CH3.Hf/c1-2-3-4-5-6-7-8-9-10-11-12-13;1-6-5-7(2)9(4)8(6)3;1-3-2;;;/h13H,2-12H2,1H3;6H,1-4H3;3H,1-2H3;2*1H3;/q-1;;;;;+1. The van der Waals surface area contributed by atoms with Gasteiger partial charge in [-0.25, -0.2) is 0 Å². The fraction of sp³-hybridized carbons (Fsp3) is 0.840. The van der Waals surface area contributed by atoms with Crippen LogP contribution in [0.2, 0.25) is 22.5 Å². The van der Waals surface area contributed by atoms with Crippen LogP contribution in [0.4, 0.5) is 0 Å². The van der Waals surface area contributed by atoms with Crippen LogP contribution in [0.15, 0.2) is 20.0 Å². The Hall–Kier alpha value is 0.527. The SMILES string of the molecule is CCCCCCCCCCCC[NH][Hf]([CH3])([CH3])([C]1=C(C)C(C)=C(C)C1C)[SiH](C)C. The van der Waals surface area contributed by atoms with Gasteiger partial charge in [-0.05, 0) is 0 Å². The van der Waals surface area contributed by atoms with Crippen LogP contribution in [0.3, 0.4) is 0 Å². The molecule has 0 bridgehead atoms. The second-order valence-electron chi connectivity index (χ2n) is 10.8. The van der Waals surface area contributed by atoms with Crippen LogP contribution >= 0.6 is 0 Å². The molecule has 1 nitrogen and oxygen atoms in total. The third-order valence-electron chi connectivity index (χ3n) is 8.40. The van der Waals surface area contributed by atoms with E-state index in [-0.39, 0.29) is 0 Å². The zero-order valence-electron chi connectivity index (χ0n) is 20.9. The van der Waals surface area contributed by atoms with E-state index in [9.17, 15) is 0 Å². The minimum atomic E-state index is -3.16. The first kappa shape index (κ1) is 26.6. The number of hydrogen-bond acceptors (Lipinski definition) is 1. The summed E-state index contributed by atoms with van der Waals surface area (Å²) in [6.45, 7) is 18.4. The van der Waals surface area contributed by atoms with Crippen molar-refractivity contribution in [3.63, 3.8) is 0 Å². The van der Waals surface area contributed by atoms with Crippen LogP contribution in [0, 0.1) is 5.92 Å². The van der Waals surface area contributed by atoms with E-state index in [2.05, 4.69) is 60.4 Å². The van der Waals surface area contributed by atoms with Crippen molar-refractivity contribution in [1.82, 2.24) is 3.30 Å². The molecule has 3 heteroatoms. The Morgan fingerprint density at radius 2 is 1.25 bits per heavy atom. The monoisotopic (exact) mass is 574 g/mol. The molecule has 1 aliphatic carbocycles. The van der Waals surface area contributed by atoms with Gasteiger partial charge in [-0.3, -0.25) is 0 Å². The Labute approximate surface area is 180 Å². The Kier molecular flexibility index (Phi) is 11.2. The second kappa shape index (κ2) is 11.8. The number of unbranched alkanes of at least 4 members (excludes halogenated alkanes) is 9. The van der Waals surface area contributed by atoms with E-state index >= 15 is 0 Å². The molecule has 1 N–H and O–H groups in total. The molecule has 0 aromatic heterocycles. The molecule has 0 spiro atoms. The predicted octanol–water partition coefficient (Wildman–Crippen LogP) is 8.44. The molecule has 165 valence electrons. The van der Waals surface area contributed by atoms with Crippen molar-refractivity contribution in [3.05, 3.63) is 20.0 Å². The fourth-order valence-corrected chi connectivity index (χ4v) is 36.9. The predicted molar refractivity (Wildman–Crippen MR) is 131 cm³/mol. The van der Waals surface area contributed by atoms with Gasteiger partial charge < -0.3 is 0 Å². The van der Waals surface area contributed by atoms with Gasteiger partial charge in [0, 0.05) is 0 Å². The molecule has 0 saturated heterocycles. The van der Waals surface area contributed by atoms with E-state index in [1.54, 1.807) is 16.7 Å². The summed E-state index contributed by atoms with van der Waals surface area (Å²) >= 11 is -3.16. The molecule has 0 aliphatic heterocycles. The van der Waals surface area contributed by atoms with Crippen molar-refractivity contribution in [2.75, 3.05) is 6.54 Å². The zero-order chi connectivity index (χ0) is 21.4. The number of allylic oxidation sites excluding steroid dienone is 4. The molecule has 0 heterocycles. The third kappa shape index (κ3) is 6.51. The first-order valence-electron chi connectivity index (χ1n) is 12.4. The van der Waals surface area contributed by atoms with Crippen LogP contribution < -0.4 is 3.30 Å². The summed E-state index contributed by atoms with van der Waals surface area (Å²) in [4.78, 5) is 0. The van der Waals surface area contributed by atoms with Crippen molar-refractivity contribution in [2.45, 2.75) is 121 Å². The Morgan fingerprint density at radius 1 is 0.786 bits per heavy atom. The molecular formula is C25H52HfNSi. The summed E-state index contributed by atoms with van der Waals surface area (Å²) in [5.74, 6) is -0.0796. The summed E-state index contributed by atoms with van der Waals surface area (Å²) in [6.07, 6.45) is 14.3. The van der Waals surface area contributed by atoms with Crippen LogP contribution in [-0.4, -0.2) is 12.5 Å². The number of hydrogen-bond donors (Lipinski definition) is 1. The molecule has 0 amide bonds. The molecule has 1 atom stereocenters. The van der Waals surface area contributed by atoms with Gasteiger partial charge in [-0.1, -0.05) is 6.92 Å². The Bertz CT molecular complexity index is 559. The fourth-order valence-electron chi connectivity index (χ4n) is 5.30. The number of rotatable bonds is 14. The van der Waals surface area contributed by atoms with Crippen molar-refractivity contribution < 1.29 is 18.0 Å². The minimum absolute atomic E-state index is 0.681. The molecular weight excluding hydrogens is 521 g/mol. The normalized spacial score (nSPS) is 19.6. The third-order valence-corrected chi connectivity index (χ3v) is 67.1. The van der Waals surface area contributed by atoms with E-state index < -0.39 is 23.9 Å². The van der Waals surface area contributed by atoms with Gasteiger partial charge in [0.1, 0.15) is 0 Å². The van der Waals surface area contributed by atoms with Crippen molar-refractivity contribution in [3.8, 4) is 0 Å². The van der Waals surface area contributed by atoms with E-state index in [1.165, 1.54) is 70.8 Å². The molecule has 1 rings (SSSR count). The van der Waals surface area contributed by atoms with Crippen LogP contribution in [0.1, 0.15) is 98.8 Å². The van der Waals surface area contributed by atoms with E-state index in [4.69, 9.17) is 0 Å². The van der Waals surface area contributed by atoms with Gasteiger partial charge in [0.2, 0.25) is 0 Å². The molecule has 0 aromatic carbocycles. The second-order valence-corrected chi connectivity index (χ2v) is 60.9. The van der Waals surface area contributed by atoms with Gasteiger partial charge in [0.25, 0.3) is 0 Å². The summed E-state index contributed by atoms with van der Waals surface area (Å²) < 4.78 is 11.7. The van der Waals surface area contributed by atoms with Gasteiger partial charge >= 0.3 is 174 Å². The summed E-state index contributed by atoms with van der Waals surface area (Å²) in [7, 11) is 0. The zero-order valence-corrected chi connectivity index (χ0v) is 25.7. The van der Waals surface area contributed by atoms with Gasteiger partial charge in [0.15, 0.2) is 0 Å². The molecule has 0 fully saturated rings. The number of nitrogens with one attached hydrogen (secondary N) is 1. The van der Waals surface area contributed by atoms with E-state index in [0.717, 1.165) is 0 Å².